The maximum absolute atomic E-state index is 13.9. The van der Waals surface area contributed by atoms with Crippen LogP contribution >= 0.6 is 11.6 Å². The molecule has 1 aliphatic rings. The van der Waals surface area contributed by atoms with Gasteiger partial charge in [0.15, 0.2) is 5.96 Å². The zero-order chi connectivity index (χ0) is 16.8. The Balaban J connectivity index is 1.92. The molecule has 0 radical (unpaired) electrons. The Hall–Kier alpha value is -1.37. The largest absolute Gasteiger partial charge is 0.374 e. The van der Waals surface area contributed by atoms with Crippen molar-refractivity contribution in [2.45, 2.75) is 12.6 Å². The summed E-state index contributed by atoms with van der Waals surface area (Å²) < 4.78 is 19.6. The third kappa shape index (κ3) is 5.06. The first kappa shape index (κ1) is 18.0. The highest BCUT2D eigenvalue weighted by Gasteiger charge is 2.19. The summed E-state index contributed by atoms with van der Waals surface area (Å²) in [6.45, 7) is 3.58. The van der Waals surface area contributed by atoms with Gasteiger partial charge in [-0.2, -0.15) is 0 Å². The number of ether oxygens (including phenoxy) is 1. The molecule has 1 aromatic rings. The van der Waals surface area contributed by atoms with Crippen LogP contribution in [0.25, 0.3) is 0 Å². The van der Waals surface area contributed by atoms with Crippen molar-refractivity contribution in [3.8, 4) is 0 Å². The van der Waals surface area contributed by atoms with E-state index in [2.05, 4.69) is 22.3 Å². The fourth-order valence-electron chi connectivity index (χ4n) is 2.58. The summed E-state index contributed by atoms with van der Waals surface area (Å²) >= 11 is 6.08. The van der Waals surface area contributed by atoms with Gasteiger partial charge < -0.3 is 19.9 Å². The molecule has 2 rings (SSSR count). The van der Waals surface area contributed by atoms with E-state index in [-0.39, 0.29) is 11.9 Å². The number of nitrogens with zero attached hydrogens (tertiary/aromatic N) is 3. The lowest BCUT2D eigenvalue weighted by atomic mass is 10.2. The van der Waals surface area contributed by atoms with Gasteiger partial charge in [0, 0.05) is 50.9 Å². The minimum Gasteiger partial charge on any atom is -0.374 e. The Kier molecular flexibility index (Phi) is 6.62. The number of hydrogen-bond donors (Lipinski definition) is 1. The maximum Gasteiger partial charge on any atom is 0.193 e. The number of guanidine groups is 1. The predicted octanol–water partition coefficient (Wildman–Crippen LogP) is 1.82. The van der Waals surface area contributed by atoms with Gasteiger partial charge in [-0.3, -0.25) is 4.99 Å². The van der Waals surface area contributed by atoms with Crippen molar-refractivity contribution in [3.63, 3.8) is 0 Å². The molecule has 0 saturated carbocycles. The Bertz CT molecular complexity index is 535. The van der Waals surface area contributed by atoms with E-state index in [1.807, 2.05) is 11.9 Å². The van der Waals surface area contributed by atoms with Gasteiger partial charge in [-0.1, -0.05) is 17.7 Å². The second-order valence-electron chi connectivity index (χ2n) is 5.74. The molecule has 1 atom stereocenters. The second-order valence-corrected chi connectivity index (χ2v) is 6.15. The zero-order valence-corrected chi connectivity index (χ0v) is 14.6. The number of hydrogen-bond acceptors (Lipinski definition) is 3. The lowest BCUT2D eigenvalue weighted by molar-refractivity contribution is -0.0163. The summed E-state index contributed by atoms with van der Waals surface area (Å²) in [5.74, 6) is 0.373. The van der Waals surface area contributed by atoms with Crippen LogP contribution in [0.2, 0.25) is 5.02 Å². The van der Waals surface area contributed by atoms with Gasteiger partial charge in [-0.25, -0.2) is 4.39 Å². The average molecular weight is 343 g/mol. The number of benzene rings is 1. The van der Waals surface area contributed by atoms with Crippen molar-refractivity contribution in [2.24, 2.45) is 4.99 Å². The molecule has 0 spiro atoms. The third-order valence-electron chi connectivity index (χ3n) is 3.86. The number of rotatable bonds is 4. The second kappa shape index (κ2) is 8.47. The summed E-state index contributed by atoms with van der Waals surface area (Å²) in [5, 5.41) is 3.70. The topological polar surface area (TPSA) is 40.1 Å². The summed E-state index contributed by atoms with van der Waals surface area (Å²) in [5.41, 5.74) is 0.466. The summed E-state index contributed by atoms with van der Waals surface area (Å²) in [6.07, 6.45) is 0.121. The van der Waals surface area contributed by atoms with E-state index in [0.717, 1.165) is 19.7 Å². The molecule has 1 heterocycles. The highest BCUT2D eigenvalue weighted by atomic mass is 35.5. The van der Waals surface area contributed by atoms with Crippen LogP contribution in [0.5, 0.6) is 0 Å². The van der Waals surface area contributed by atoms with Crippen molar-refractivity contribution < 1.29 is 9.13 Å². The molecule has 7 heteroatoms. The lowest BCUT2D eigenvalue weighted by Crippen LogP contribution is -2.48. The van der Waals surface area contributed by atoms with Crippen LogP contribution in [0.3, 0.4) is 0 Å². The van der Waals surface area contributed by atoms with Crippen LogP contribution in [0.1, 0.15) is 5.56 Å². The number of halogens is 2. The molecule has 0 aromatic heterocycles. The average Bonchev–Trinajstić information content (AvgIpc) is 2.52. The van der Waals surface area contributed by atoms with Crippen LogP contribution in [0.4, 0.5) is 4.39 Å². The summed E-state index contributed by atoms with van der Waals surface area (Å²) in [4.78, 5) is 8.33. The molecule has 128 valence electrons. The first-order valence-corrected chi connectivity index (χ1v) is 8.04. The van der Waals surface area contributed by atoms with Gasteiger partial charge in [0.25, 0.3) is 0 Å². The van der Waals surface area contributed by atoms with Crippen molar-refractivity contribution in [1.82, 2.24) is 15.1 Å². The fourth-order valence-corrected chi connectivity index (χ4v) is 2.80. The van der Waals surface area contributed by atoms with E-state index in [9.17, 15) is 4.39 Å². The van der Waals surface area contributed by atoms with Crippen molar-refractivity contribution in [1.29, 1.82) is 0 Å². The smallest absolute Gasteiger partial charge is 0.193 e. The SMILES string of the molecule is CN=C(NCC1CN(C)CCO1)N(C)Cc1c(F)cccc1Cl. The Labute approximate surface area is 142 Å². The van der Waals surface area contributed by atoms with Crippen LogP contribution in [0.15, 0.2) is 23.2 Å². The van der Waals surface area contributed by atoms with E-state index in [1.165, 1.54) is 6.07 Å². The molecule has 0 bridgehead atoms. The molecular formula is C16H24ClFN4O. The minimum atomic E-state index is -0.308. The van der Waals surface area contributed by atoms with E-state index in [0.29, 0.717) is 29.6 Å². The molecular weight excluding hydrogens is 319 g/mol. The van der Waals surface area contributed by atoms with Gasteiger partial charge in [0.2, 0.25) is 0 Å². The lowest BCUT2D eigenvalue weighted by Gasteiger charge is -2.31. The normalized spacial score (nSPS) is 19.7. The van der Waals surface area contributed by atoms with Crippen LogP contribution in [0, 0.1) is 5.82 Å². The van der Waals surface area contributed by atoms with Crippen molar-refractivity contribution in [3.05, 3.63) is 34.6 Å². The predicted molar refractivity (Wildman–Crippen MR) is 91.5 cm³/mol. The summed E-state index contributed by atoms with van der Waals surface area (Å²) in [7, 11) is 5.64. The van der Waals surface area contributed by atoms with Gasteiger partial charge in [0.05, 0.1) is 12.7 Å². The highest BCUT2D eigenvalue weighted by Crippen LogP contribution is 2.20. The van der Waals surface area contributed by atoms with E-state index >= 15 is 0 Å². The highest BCUT2D eigenvalue weighted by molar-refractivity contribution is 6.31. The molecule has 5 nitrogen and oxygen atoms in total. The zero-order valence-electron chi connectivity index (χ0n) is 13.9. The Morgan fingerprint density at radius 1 is 1.57 bits per heavy atom. The molecule has 1 saturated heterocycles. The Morgan fingerprint density at radius 2 is 2.35 bits per heavy atom. The van der Waals surface area contributed by atoms with Crippen molar-refractivity contribution in [2.75, 3.05) is 47.4 Å². The number of morpholine rings is 1. The first-order valence-electron chi connectivity index (χ1n) is 7.66. The summed E-state index contributed by atoms with van der Waals surface area (Å²) in [6, 6.07) is 4.71. The van der Waals surface area contributed by atoms with Crippen molar-refractivity contribution >= 4 is 17.6 Å². The van der Waals surface area contributed by atoms with Gasteiger partial charge >= 0.3 is 0 Å². The third-order valence-corrected chi connectivity index (χ3v) is 4.21. The number of aliphatic imine (C=N–C) groups is 1. The molecule has 0 aliphatic carbocycles. The van der Waals surface area contributed by atoms with Gasteiger partial charge in [0.1, 0.15) is 5.82 Å². The number of likely N-dealkylation sites (N-methyl/N-ethyl adjacent to an activating group) is 1. The monoisotopic (exact) mass is 342 g/mol. The molecule has 1 N–H and O–H groups in total. The molecule has 23 heavy (non-hydrogen) atoms. The maximum atomic E-state index is 13.9. The number of nitrogens with one attached hydrogen (secondary N) is 1. The molecule has 0 amide bonds. The van der Waals surface area contributed by atoms with Gasteiger partial charge in [-0.15, -0.1) is 0 Å². The van der Waals surface area contributed by atoms with Crippen LogP contribution in [-0.4, -0.2) is 69.2 Å². The molecule has 1 aromatic carbocycles. The van der Waals surface area contributed by atoms with E-state index in [1.54, 1.807) is 19.2 Å². The fraction of sp³-hybridized carbons (Fsp3) is 0.562. The Morgan fingerprint density at radius 3 is 3.00 bits per heavy atom. The van der Waals surface area contributed by atoms with E-state index in [4.69, 9.17) is 16.3 Å². The standard InChI is InChI=1S/C16H24ClFN4O/c1-19-16(20-9-12-10-21(2)7-8-23-12)22(3)11-13-14(17)5-4-6-15(13)18/h4-6,12H,7-11H2,1-3H3,(H,19,20). The van der Waals surface area contributed by atoms with Crippen LogP contribution < -0.4 is 5.32 Å². The molecule has 1 aliphatic heterocycles. The molecule has 1 fully saturated rings. The first-order chi connectivity index (χ1) is 11.0. The minimum absolute atomic E-state index is 0.121. The van der Waals surface area contributed by atoms with Crippen LogP contribution in [-0.2, 0) is 11.3 Å². The van der Waals surface area contributed by atoms with E-state index < -0.39 is 0 Å². The molecule has 1 unspecified atom stereocenters. The van der Waals surface area contributed by atoms with Gasteiger partial charge in [-0.05, 0) is 19.2 Å². The quantitative estimate of drug-likeness (QED) is 0.669.